The van der Waals surface area contributed by atoms with Gasteiger partial charge in [0.15, 0.2) is 0 Å². The summed E-state index contributed by atoms with van der Waals surface area (Å²) >= 11 is 0. The summed E-state index contributed by atoms with van der Waals surface area (Å²) in [5.41, 5.74) is 0. The molecule has 0 saturated carbocycles. The lowest BCUT2D eigenvalue weighted by Gasteiger charge is -2.40. The highest BCUT2D eigenvalue weighted by molar-refractivity contribution is 7.51. The van der Waals surface area contributed by atoms with Gasteiger partial charge >= 0.3 is 7.60 Å². The Morgan fingerprint density at radius 3 is 2.27 bits per heavy atom. The van der Waals surface area contributed by atoms with Gasteiger partial charge in [0.2, 0.25) is 6.29 Å². The third kappa shape index (κ3) is 4.50. The Labute approximate surface area is 127 Å². The van der Waals surface area contributed by atoms with Crippen LogP contribution in [0.3, 0.4) is 0 Å². The molecule has 0 aromatic heterocycles. The number of aliphatic hydroxyl groups is 3. The summed E-state index contributed by atoms with van der Waals surface area (Å²) < 4.78 is 21.7. The van der Waals surface area contributed by atoms with Gasteiger partial charge in [-0.25, -0.2) is 0 Å². The molecule has 2 rings (SSSR count). The maximum atomic E-state index is 10.9. The first kappa shape index (κ1) is 17.4. The minimum absolute atomic E-state index is 0.177. The van der Waals surface area contributed by atoms with E-state index in [1.165, 1.54) is 0 Å². The van der Waals surface area contributed by atoms with Crippen LogP contribution in [-0.4, -0.2) is 62.0 Å². The van der Waals surface area contributed by atoms with Crippen molar-refractivity contribution in [1.29, 1.82) is 0 Å². The van der Waals surface area contributed by atoms with Crippen molar-refractivity contribution >= 4 is 7.60 Å². The van der Waals surface area contributed by atoms with E-state index in [0.29, 0.717) is 5.75 Å². The first-order valence-electron chi connectivity index (χ1n) is 6.74. The predicted molar refractivity (Wildman–Crippen MR) is 75.3 cm³/mol. The molecule has 1 aliphatic heterocycles. The van der Waals surface area contributed by atoms with E-state index in [4.69, 9.17) is 19.3 Å². The monoisotopic (exact) mass is 334 g/mol. The highest BCUT2D eigenvalue weighted by Crippen LogP contribution is 2.37. The fraction of sp³-hybridized carbons (Fsp3) is 0.538. The first-order valence-corrected chi connectivity index (χ1v) is 8.53. The molecule has 0 spiro atoms. The molecule has 9 heteroatoms. The minimum atomic E-state index is -4.26. The zero-order valence-electron chi connectivity index (χ0n) is 11.6. The van der Waals surface area contributed by atoms with Gasteiger partial charge in [-0.3, -0.25) is 4.57 Å². The molecule has 1 heterocycles. The molecule has 1 aliphatic rings. The van der Waals surface area contributed by atoms with Crippen LogP contribution in [0.15, 0.2) is 30.3 Å². The van der Waals surface area contributed by atoms with Gasteiger partial charge in [-0.2, -0.15) is 0 Å². The molecular weight excluding hydrogens is 315 g/mol. The quantitative estimate of drug-likeness (QED) is 0.452. The van der Waals surface area contributed by atoms with Gasteiger partial charge < -0.3 is 34.6 Å². The van der Waals surface area contributed by atoms with Crippen LogP contribution < -0.4 is 4.74 Å². The molecule has 1 aromatic carbocycles. The van der Waals surface area contributed by atoms with Gasteiger partial charge in [0, 0.05) is 0 Å². The van der Waals surface area contributed by atoms with Crippen molar-refractivity contribution in [2.45, 2.75) is 37.1 Å². The molecule has 1 saturated heterocycles. The van der Waals surface area contributed by atoms with E-state index in [9.17, 15) is 19.9 Å². The molecule has 1 aromatic rings. The zero-order chi connectivity index (χ0) is 16.3. The van der Waals surface area contributed by atoms with Crippen LogP contribution in [-0.2, 0) is 9.30 Å². The molecule has 22 heavy (non-hydrogen) atoms. The molecule has 5 N–H and O–H groups in total. The average Bonchev–Trinajstić information content (AvgIpc) is 2.47. The molecule has 0 radical (unpaired) electrons. The van der Waals surface area contributed by atoms with Crippen LogP contribution in [0.5, 0.6) is 5.75 Å². The van der Waals surface area contributed by atoms with Crippen molar-refractivity contribution in [2.75, 3.05) is 6.16 Å². The highest BCUT2D eigenvalue weighted by atomic mass is 31.2. The Balaban J connectivity index is 2.05. The first-order chi connectivity index (χ1) is 10.3. The van der Waals surface area contributed by atoms with E-state index >= 15 is 0 Å². The van der Waals surface area contributed by atoms with E-state index in [2.05, 4.69) is 0 Å². The molecule has 0 aliphatic carbocycles. The Hall–Kier alpha value is -0.990. The molecule has 1 fully saturated rings. The normalized spacial score (nSPS) is 32.7. The second-order valence-corrected chi connectivity index (χ2v) is 6.90. The maximum Gasteiger partial charge on any atom is 0.325 e. The minimum Gasteiger partial charge on any atom is -0.462 e. The molecule has 124 valence electrons. The summed E-state index contributed by atoms with van der Waals surface area (Å²) in [6.45, 7) is 0. The van der Waals surface area contributed by atoms with Crippen LogP contribution in [0.2, 0.25) is 0 Å². The summed E-state index contributed by atoms with van der Waals surface area (Å²) in [7, 11) is -4.26. The second-order valence-electron chi connectivity index (χ2n) is 5.12. The fourth-order valence-corrected chi connectivity index (χ4v) is 2.77. The van der Waals surface area contributed by atoms with E-state index in [1.807, 2.05) is 0 Å². The number of ether oxygens (including phenoxy) is 2. The number of hydrogen-bond donors (Lipinski definition) is 5. The number of aliphatic hydroxyl groups excluding tert-OH is 3. The van der Waals surface area contributed by atoms with Crippen molar-refractivity contribution in [3.63, 3.8) is 0 Å². The lowest BCUT2D eigenvalue weighted by molar-refractivity contribution is -0.272. The van der Waals surface area contributed by atoms with Gasteiger partial charge in [0.1, 0.15) is 24.1 Å². The van der Waals surface area contributed by atoms with E-state index in [-0.39, 0.29) is 6.42 Å². The van der Waals surface area contributed by atoms with Crippen LogP contribution in [0, 0.1) is 0 Å². The number of hydrogen-bond acceptors (Lipinski definition) is 6. The third-order valence-corrected chi connectivity index (χ3v) is 4.21. The standard InChI is InChI=1S/C13H19O8P/c14-10-9(6-7-22(17,18)19)21-13(12(16)11(10)15)20-8-4-2-1-3-5-8/h1-5,9-16H,6-7H2,(H2,17,18,19)/t9-,10-,11+,12+,13+/m1/s1. The number of para-hydroxylation sites is 1. The summed E-state index contributed by atoms with van der Waals surface area (Å²) in [6, 6.07) is 8.44. The highest BCUT2D eigenvalue weighted by Gasteiger charge is 2.45. The lowest BCUT2D eigenvalue weighted by atomic mass is 9.97. The Morgan fingerprint density at radius 1 is 1.05 bits per heavy atom. The summed E-state index contributed by atoms with van der Waals surface area (Å²) in [4.78, 5) is 17.8. The van der Waals surface area contributed by atoms with Crippen LogP contribution in [0.1, 0.15) is 6.42 Å². The zero-order valence-corrected chi connectivity index (χ0v) is 12.5. The Bertz CT molecular complexity index is 518. The third-order valence-electron chi connectivity index (χ3n) is 3.37. The van der Waals surface area contributed by atoms with Crippen molar-refractivity contribution in [3.05, 3.63) is 30.3 Å². The van der Waals surface area contributed by atoms with Gasteiger partial charge in [0.05, 0.1) is 12.3 Å². The summed E-state index contributed by atoms with van der Waals surface area (Å²) in [5.74, 6) is 0.392. The van der Waals surface area contributed by atoms with Crippen molar-refractivity contribution in [2.24, 2.45) is 0 Å². The SMILES string of the molecule is O=P(O)(O)CC[C@H]1O[C@H](Oc2ccccc2)[C@@H](O)[C@@H](O)[C@@H]1O. The topological polar surface area (TPSA) is 137 Å². The maximum absolute atomic E-state index is 10.9. The number of rotatable bonds is 5. The van der Waals surface area contributed by atoms with E-state index in [1.54, 1.807) is 30.3 Å². The summed E-state index contributed by atoms with van der Waals surface area (Å²) in [5, 5.41) is 29.6. The molecule has 5 atom stereocenters. The van der Waals surface area contributed by atoms with Gasteiger partial charge in [-0.05, 0) is 18.6 Å². The molecule has 0 amide bonds. The van der Waals surface area contributed by atoms with Crippen molar-refractivity contribution < 1.29 is 39.1 Å². The largest absolute Gasteiger partial charge is 0.462 e. The van der Waals surface area contributed by atoms with Crippen LogP contribution in [0.25, 0.3) is 0 Å². The smallest absolute Gasteiger partial charge is 0.325 e. The Kier molecular flexibility index (Phi) is 5.57. The predicted octanol–water partition coefficient (Wildman–Crippen LogP) is -0.559. The molecule has 8 nitrogen and oxygen atoms in total. The van der Waals surface area contributed by atoms with Crippen LogP contribution in [0.4, 0.5) is 0 Å². The second kappa shape index (κ2) is 7.06. The molecular formula is C13H19O8P. The molecule has 0 bridgehead atoms. The van der Waals surface area contributed by atoms with Crippen LogP contribution >= 0.6 is 7.60 Å². The van der Waals surface area contributed by atoms with Crippen molar-refractivity contribution in [3.8, 4) is 5.75 Å². The summed E-state index contributed by atoms with van der Waals surface area (Å²) in [6.07, 6.45) is -7.47. The molecule has 0 unspecified atom stereocenters. The van der Waals surface area contributed by atoms with E-state index in [0.717, 1.165) is 0 Å². The van der Waals surface area contributed by atoms with E-state index < -0.39 is 44.5 Å². The lowest BCUT2D eigenvalue weighted by Crippen LogP contribution is -2.59. The van der Waals surface area contributed by atoms with Gasteiger partial charge in [-0.1, -0.05) is 18.2 Å². The Morgan fingerprint density at radius 2 is 1.68 bits per heavy atom. The van der Waals surface area contributed by atoms with Gasteiger partial charge in [-0.15, -0.1) is 0 Å². The number of benzene rings is 1. The van der Waals surface area contributed by atoms with Crippen molar-refractivity contribution in [1.82, 2.24) is 0 Å². The van der Waals surface area contributed by atoms with Gasteiger partial charge in [0.25, 0.3) is 0 Å². The average molecular weight is 334 g/mol. The fourth-order valence-electron chi connectivity index (χ4n) is 2.18.